The summed E-state index contributed by atoms with van der Waals surface area (Å²) in [6.07, 6.45) is 5.55. The molecule has 174 valence electrons. The van der Waals surface area contributed by atoms with Crippen LogP contribution in [-0.4, -0.2) is 32.1 Å². The monoisotopic (exact) mass is 469 g/mol. The van der Waals surface area contributed by atoms with Gasteiger partial charge in [-0.05, 0) is 48.9 Å². The minimum atomic E-state index is -0.00245. The summed E-state index contributed by atoms with van der Waals surface area (Å²) in [6.45, 7) is 1.56. The second-order valence-electron chi connectivity index (χ2n) is 7.71. The predicted octanol–water partition coefficient (Wildman–Crippen LogP) is -4.37. The number of methoxy groups -OCH3 is 1. The number of amides is 1. The summed E-state index contributed by atoms with van der Waals surface area (Å²) in [5.41, 5.74) is 10.5. The van der Waals surface area contributed by atoms with Gasteiger partial charge in [0.2, 0.25) is 5.91 Å². The van der Waals surface area contributed by atoms with Crippen LogP contribution in [0, 0.1) is 5.92 Å². The van der Waals surface area contributed by atoms with Crippen LogP contribution in [0.15, 0.2) is 54.6 Å². The Bertz CT molecular complexity index is 715. The smallest absolute Gasteiger partial charge is 0.223 e. The van der Waals surface area contributed by atoms with Gasteiger partial charge in [0.25, 0.3) is 0 Å². The van der Waals surface area contributed by atoms with Gasteiger partial charge in [0.05, 0.1) is 20.2 Å². The average molecular weight is 470 g/mol. The van der Waals surface area contributed by atoms with E-state index in [2.05, 4.69) is 53.2 Å². The van der Waals surface area contributed by atoms with E-state index in [1.54, 1.807) is 7.11 Å². The van der Waals surface area contributed by atoms with Gasteiger partial charge in [0, 0.05) is 18.8 Å². The van der Waals surface area contributed by atoms with Crippen LogP contribution in [0.3, 0.4) is 0 Å². The highest BCUT2D eigenvalue weighted by Gasteiger charge is 2.19. The Labute approximate surface area is 199 Å². The molecule has 7 N–H and O–H groups in total. The highest BCUT2D eigenvalue weighted by atomic mass is 35.5. The molecule has 2 atom stereocenters. The van der Waals surface area contributed by atoms with Gasteiger partial charge < -0.3 is 46.3 Å². The molecule has 0 aliphatic heterocycles. The molecule has 1 unspecified atom stereocenters. The molecule has 0 saturated heterocycles. The van der Waals surface area contributed by atoms with E-state index in [1.165, 1.54) is 11.1 Å². The molecule has 1 amide bonds. The summed E-state index contributed by atoms with van der Waals surface area (Å²) in [4.78, 5) is 12.9. The number of hydrogen-bond acceptors (Lipinski definition) is 2. The number of halogens is 2. The standard InChI is InChI=1S/C24H35N3O2.2ClH/c1-29-23-15-11-20(12-16-23)10-14-21(13-9-19-6-3-2-4-7-19)24(28)27-18-22(26)8-5-17-25;;/h2-4,6-7,11-12,15-16,21-22H,5,8-10,13-14,17-18,25-26H2,1H3,(H,27,28);2*1H/t21?,22-;;/m0../s1. The van der Waals surface area contributed by atoms with Gasteiger partial charge in [-0.3, -0.25) is 4.79 Å². The first-order valence-electron chi connectivity index (χ1n) is 10.7. The highest BCUT2D eigenvalue weighted by molar-refractivity contribution is 5.78. The van der Waals surface area contributed by atoms with Crippen molar-refractivity contribution in [1.29, 1.82) is 0 Å². The Kier molecular flexibility index (Phi) is 15.9. The van der Waals surface area contributed by atoms with Crippen molar-refractivity contribution < 1.29 is 45.8 Å². The molecular formula is C24H37Cl2N3O2. The third-order valence-electron chi connectivity index (χ3n) is 5.36. The summed E-state index contributed by atoms with van der Waals surface area (Å²) in [6, 6.07) is 18.7. The van der Waals surface area contributed by atoms with E-state index < -0.39 is 0 Å². The van der Waals surface area contributed by atoms with Crippen molar-refractivity contribution in [2.45, 2.75) is 44.6 Å². The molecule has 0 saturated carbocycles. The number of carbonyl (C=O) groups excluding carboxylic acids is 1. The van der Waals surface area contributed by atoms with Crippen molar-refractivity contribution in [2.24, 2.45) is 5.92 Å². The van der Waals surface area contributed by atoms with E-state index in [1.807, 2.05) is 18.2 Å². The van der Waals surface area contributed by atoms with Gasteiger partial charge in [0.15, 0.2) is 0 Å². The molecule has 7 heteroatoms. The van der Waals surface area contributed by atoms with Crippen molar-refractivity contribution in [3.05, 3.63) is 65.7 Å². The Morgan fingerprint density at radius 1 is 0.935 bits per heavy atom. The molecule has 0 spiro atoms. The van der Waals surface area contributed by atoms with Crippen molar-refractivity contribution in [3.63, 3.8) is 0 Å². The summed E-state index contributed by atoms with van der Waals surface area (Å²) >= 11 is 0. The number of nitrogens with one attached hydrogen (secondary N) is 1. The van der Waals surface area contributed by atoms with Gasteiger partial charge in [-0.1, -0.05) is 42.5 Å². The Morgan fingerprint density at radius 2 is 1.52 bits per heavy atom. The largest absolute Gasteiger partial charge is 1.00 e. The van der Waals surface area contributed by atoms with Gasteiger partial charge in [-0.2, -0.15) is 0 Å². The fourth-order valence-corrected chi connectivity index (χ4v) is 3.45. The summed E-state index contributed by atoms with van der Waals surface area (Å²) in [7, 11) is 1.67. The lowest BCUT2D eigenvalue weighted by molar-refractivity contribution is -0.423. The Balaban J connectivity index is 0.00000450. The van der Waals surface area contributed by atoms with Gasteiger partial charge >= 0.3 is 0 Å². The molecule has 0 radical (unpaired) electrons. The minimum Gasteiger partial charge on any atom is -1.00 e. The Hall–Kier alpha value is -1.79. The van der Waals surface area contributed by atoms with E-state index >= 15 is 0 Å². The average Bonchev–Trinajstić information content (AvgIpc) is 2.77. The summed E-state index contributed by atoms with van der Waals surface area (Å²) < 4.78 is 5.23. The van der Waals surface area contributed by atoms with Crippen molar-refractivity contribution in [3.8, 4) is 5.75 Å². The first kappa shape index (κ1) is 29.2. The molecule has 2 aromatic carbocycles. The zero-order valence-electron chi connectivity index (χ0n) is 18.5. The van der Waals surface area contributed by atoms with Crippen LogP contribution in [0.5, 0.6) is 5.75 Å². The number of quaternary nitrogens is 2. The molecule has 0 aliphatic carbocycles. The number of carbonyl (C=O) groups is 1. The zero-order chi connectivity index (χ0) is 20.9. The second kappa shape index (κ2) is 16.8. The van der Waals surface area contributed by atoms with E-state index in [0.29, 0.717) is 6.54 Å². The molecule has 0 aliphatic rings. The normalized spacial score (nSPS) is 12.1. The van der Waals surface area contributed by atoms with Crippen LogP contribution < -0.4 is 46.3 Å². The molecule has 2 aromatic rings. The number of hydrogen-bond donors (Lipinski definition) is 3. The van der Waals surface area contributed by atoms with Gasteiger partial charge in [-0.15, -0.1) is 0 Å². The number of ether oxygens (including phenoxy) is 1. The molecule has 0 heterocycles. The summed E-state index contributed by atoms with van der Waals surface area (Å²) in [5.74, 6) is 1.01. The molecule has 5 nitrogen and oxygen atoms in total. The fraction of sp³-hybridized carbons (Fsp3) is 0.458. The van der Waals surface area contributed by atoms with E-state index in [0.717, 1.165) is 50.8 Å². The molecule has 2 rings (SSSR count). The molecule has 0 aromatic heterocycles. The number of aryl methyl sites for hydroxylation is 2. The van der Waals surface area contributed by atoms with Gasteiger partial charge in [-0.25, -0.2) is 0 Å². The fourth-order valence-electron chi connectivity index (χ4n) is 3.45. The molecule has 0 bridgehead atoms. The maximum Gasteiger partial charge on any atom is 0.223 e. The van der Waals surface area contributed by atoms with Crippen LogP contribution in [0.1, 0.15) is 36.8 Å². The van der Waals surface area contributed by atoms with Gasteiger partial charge in [0.1, 0.15) is 11.8 Å². The third kappa shape index (κ3) is 11.4. The number of rotatable bonds is 13. The first-order chi connectivity index (χ1) is 14.1. The van der Waals surface area contributed by atoms with Crippen LogP contribution in [0.2, 0.25) is 0 Å². The third-order valence-corrected chi connectivity index (χ3v) is 5.36. The second-order valence-corrected chi connectivity index (χ2v) is 7.71. The first-order valence-corrected chi connectivity index (χ1v) is 10.7. The molecule has 31 heavy (non-hydrogen) atoms. The summed E-state index contributed by atoms with van der Waals surface area (Å²) in [5, 5.41) is 3.14. The maximum atomic E-state index is 12.9. The highest BCUT2D eigenvalue weighted by Crippen LogP contribution is 2.19. The van der Waals surface area contributed by atoms with Crippen LogP contribution in [0.25, 0.3) is 0 Å². The van der Waals surface area contributed by atoms with E-state index in [9.17, 15) is 4.79 Å². The Morgan fingerprint density at radius 3 is 2.06 bits per heavy atom. The molecule has 0 fully saturated rings. The lowest BCUT2D eigenvalue weighted by Crippen LogP contribution is -3.00. The lowest BCUT2D eigenvalue weighted by Gasteiger charge is -2.18. The quantitative estimate of drug-likeness (QED) is 0.276. The SMILES string of the molecule is COc1ccc(CCC(CCc2ccccc2)C(=O)NC[C@@H]([NH3+])CCC[NH3+])cc1.[Cl-].[Cl-]. The lowest BCUT2D eigenvalue weighted by atomic mass is 9.92. The topological polar surface area (TPSA) is 93.6 Å². The van der Waals surface area contributed by atoms with Crippen molar-refractivity contribution in [2.75, 3.05) is 20.2 Å². The predicted molar refractivity (Wildman–Crippen MR) is 116 cm³/mol. The van der Waals surface area contributed by atoms with Crippen LogP contribution >= 0.6 is 0 Å². The zero-order valence-corrected chi connectivity index (χ0v) is 20.0. The van der Waals surface area contributed by atoms with E-state index in [4.69, 9.17) is 4.74 Å². The maximum absolute atomic E-state index is 12.9. The molecular weight excluding hydrogens is 433 g/mol. The van der Waals surface area contributed by atoms with Crippen LogP contribution in [0.4, 0.5) is 0 Å². The van der Waals surface area contributed by atoms with E-state index in [-0.39, 0.29) is 42.7 Å². The van der Waals surface area contributed by atoms with Crippen molar-refractivity contribution in [1.82, 2.24) is 5.32 Å². The number of benzene rings is 2. The van der Waals surface area contributed by atoms with Crippen LogP contribution in [-0.2, 0) is 17.6 Å². The van der Waals surface area contributed by atoms with Crippen molar-refractivity contribution >= 4 is 5.91 Å². The minimum absolute atomic E-state index is 0.